The van der Waals surface area contributed by atoms with Crippen LogP contribution in [0.25, 0.3) is 10.9 Å². The van der Waals surface area contributed by atoms with Gasteiger partial charge in [-0.05, 0) is 18.2 Å². The molecule has 0 atom stereocenters. The molecular weight excluding hydrogens is 238 g/mol. The molecule has 0 unspecified atom stereocenters. The van der Waals surface area contributed by atoms with Gasteiger partial charge >= 0.3 is 0 Å². The van der Waals surface area contributed by atoms with Crippen LogP contribution in [0, 0.1) is 0 Å². The van der Waals surface area contributed by atoms with E-state index in [4.69, 9.17) is 10.5 Å². The Morgan fingerprint density at radius 3 is 2.68 bits per heavy atom. The van der Waals surface area contributed by atoms with Crippen molar-refractivity contribution >= 4 is 16.7 Å². The summed E-state index contributed by atoms with van der Waals surface area (Å²) in [6.45, 7) is 0.376. The van der Waals surface area contributed by atoms with Gasteiger partial charge in [0.2, 0.25) is 5.88 Å². The van der Waals surface area contributed by atoms with Crippen molar-refractivity contribution in [3.8, 4) is 5.88 Å². The van der Waals surface area contributed by atoms with Gasteiger partial charge in [-0.2, -0.15) is 4.98 Å². The van der Waals surface area contributed by atoms with Crippen molar-refractivity contribution in [1.82, 2.24) is 9.97 Å². The maximum Gasteiger partial charge on any atom is 0.215 e. The lowest BCUT2D eigenvalue weighted by Crippen LogP contribution is -2.00. The predicted octanol–water partition coefficient (Wildman–Crippen LogP) is 2.79. The number of benzene rings is 1. The van der Waals surface area contributed by atoms with Crippen molar-refractivity contribution in [1.29, 1.82) is 0 Å². The average molecular weight is 251 g/mol. The second kappa shape index (κ2) is 4.94. The topological polar surface area (TPSA) is 61.0 Å². The van der Waals surface area contributed by atoms with Crippen molar-refractivity contribution in [2.75, 3.05) is 5.73 Å². The monoisotopic (exact) mass is 251 g/mol. The molecule has 0 saturated carbocycles. The maximum absolute atomic E-state index is 5.60. The van der Waals surface area contributed by atoms with Crippen molar-refractivity contribution in [2.45, 2.75) is 6.61 Å². The minimum absolute atomic E-state index is 0.376. The van der Waals surface area contributed by atoms with Gasteiger partial charge in [-0.25, -0.2) is 4.98 Å². The van der Waals surface area contributed by atoms with Crippen LogP contribution in [-0.4, -0.2) is 9.97 Å². The van der Waals surface area contributed by atoms with E-state index in [0.29, 0.717) is 18.3 Å². The molecule has 2 aromatic heterocycles. The molecule has 3 rings (SSSR count). The Morgan fingerprint density at radius 1 is 0.895 bits per heavy atom. The van der Waals surface area contributed by atoms with Crippen LogP contribution in [0.2, 0.25) is 0 Å². The van der Waals surface area contributed by atoms with Crippen LogP contribution in [0.5, 0.6) is 5.88 Å². The van der Waals surface area contributed by atoms with Crippen LogP contribution in [0.4, 0.5) is 5.82 Å². The molecule has 0 fully saturated rings. The summed E-state index contributed by atoms with van der Waals surface area (Å²) >= 11 is 0. The number of para-hydroxylation sites is 1. The standard InChI is InChI=1S/C15H13N3O/c16-14-6-3-7-15(18-14)19-10-12-9-8-11-4-1-2-5-13(11)17-12/h1-9H,10H2,(H2,16,18). The van der Waals surface area contributed by atoms with Crippen molar-refractivity contribution in [3.63, 3.8) is 0 Å². The molecule has 0 bridgehead atoms. The van der Waals surface area contributed by atoms with Crippen LogP contribution in [0.3, 0.4) is 0 Å². The molecule has 0 aliphatic rings. The third-order valence-corrected chi connectivity index (χ3v) is 2.77. The van der Waals surface area contributed by atoms with Crippen LogP contribution in [0.1, 0.15) is 5.69 Å². The van der Waals surface area contributed by atoms with E-state index in [9.17, 15) is 0 Å². The highest BCUT2D eigenvalue weighted by Gasteiger charge is 2.00. The number of nitrogens with zero attached hydrogens (tertiary/aromatic N) is 2. The fourth-order valence-corrected chi connectivity index (χ4v) is 1.85. The molecule has 0 amide bonds. The van der Waals surface area contributed by atoms with Gasteiger partial charge in [0.25, 0.3) is 0 Å². The Kier molecular flexibility index (Phi) is 2.98. The van der Waals surface area contributed by atoms with Crippen LogP contribution >= 0.6 is 0 Å². The van der Waals surface area contributed by atoms with Crippen molar-refractivity contribution in [2.24, 2.45) is 0 Å². The first-order valence-corrected chi connectivity index (χ1v) is 6.01. The van der Waals surface area contributed by atoms with E-state index < -0.39 is 0 Å². The fraction of sp³-hybridized carbons (Fsp3) is 0.0667. The van der Waals surface area contributed by atoms with Gasteiger partial charge in [-0.1, -0.05) is 30.3 Å². The Hall–Kier alpha value is -2.62. The van der Waals surface area contributed by atoms with Crippen LogP contribution < -0.4 is 10.5 Å². The molecule has 94 valence electrons. The first kappa shape index (κ1) is 11.5. The van der Waals surface area contributed by atoms with Crippen LogP contribution in [0.15, 0.2) is 54.6 Å². The summed E-state index contributed by atoms with van der Waals surface area (Å²) in [5.41, 5.74) is 7.42. The summed E-state index contributed by atoms with van der Waals surface area (Å²) in [6, 6.07) is 17.3. The molecule has 4 nitrogen and oxygen atoms in total. The van der Waals surface area contributed by atoms with E-state index in [1.807, 2.05) is 42.5 Å². The summed E-state index contributed by atoms with van der Waals surface area (Å²) in [4.78, 5) is 8.61. The van der Waals surface area contributed by atoms with E-state index in [1.165, 1.54) is 0 Å². The first-order valence-electron chi connectivity index (χ1n) is 6.01. The van der Waals surface area contributed by atoms with E-state index in [2.05, 4.69) is 9.97 Å². The molecule has 1 aromatic carbocycles. The Bertz CT molecular complexity index is 712. The Morgan fingerprint density at radius 2 is 1.79 bits per heavy atom. The van der Waals surface area contributed by atoms with E-state index in [0.717, 1.165) is 16.6 Å². The molecule has 19 heavy (non-hydrogen) atoms. The van der Waals surface area contributed by atoms with Gasteiger partial charge in [-0.3, -0.25) is 0 Å². The predicted molar refractivity (Wildman–Crippen MR) is 74.7 cm³/mol. The van der Waals surface area contributed by atoms with Gasteiger partial charge in [-0.15, -0.1) is 0 Å². The summed E-state index contributed by atoms with van der Waals surface area (Å²) in [5, 5.41) is 1.12. The lowest BCUT2D eigenvalue weighted by atomic mass is 10.2. The first-order chi connectivity index (χ1) is 9.31. The average Bonchev–Trinajstić information content (AvgIpc) is 2.45. The number of pyridine rings is 2. The number of nitrogen functional groups attached to an aromatic ring is 1. The van der Waals surface area contributed by atoms with E-state index in [-0.39, 0.29) is 0 Å². The largest absolute Gasteiger partial charge is 0.471 e. The van der Waals surface area contributed by atoms with Gasteiger partial charge < -0.3 is 10.5 Å². The highest BCUT2D eigenvalue weighted by molar-refractivity contribution is 5.78. The lowest BCUT2D eigenvalue weighted by Gasteiger charge is -2.06. The highest BCUT2D eigenvalue weighted by Crippen LogP contribution is 2.14. The number of nitrogens with two attached hydrogens (primary N) is 1. The number of hydrogen-bond acceptors (Lipinski definition) is 4. The van der Waals surface area contributed by atoms with E-state index in [1.54, 1.807) is 12.1 Å². The normalized spacial score (nSPS) is 10.5. The molecular formula is C15H13N3O. The third-order valence-electron chi connectivity index (χ3n) is 2.77. The Labute approximate surface area is 110 Å². The zero-order valence-electron chi connectivity index (χ0n) is 10.3. The molecule has 4 heteroatoms. The molecule has 2 heterocycles. The number of ether oxygens (including phenoxy) is 1. The maximum atomic E-state index is 5.60. The number of rotatable bonds is 3. The highest BCUT2D eigenvalue weighted by atomic mass is 16.5. The van der Waals surface area contributed by atoms with Crippen molar-refractivity contribution in [3.05, 3.63) is 60.3 Å². The lowest BCUT2D eigenvalue weighted by molar-refractivity contribution is 0.290. The summed E-state index contributed by atoms with van der Waals surface area (Å²) in [7, 11) is 0. The molecule has 3 aromatic rings. The number of anilines is 1. The molecule has 0 aliphatic carbocycles. The quantitative estimate of drug-likeness (QED) is 0.777. The number of hydrogen-bond donors (Lipinski definition) is 1. The van der Waals surface area contributed by atoms with Crippen LogP contribution in [-0.2, 0) is 6.61 Å². The number of aromatic nitrogens is 2. The molecule has 0 spiro atoms. The van der Waals surface area contributed by atoms with E-state index >= 15 is 0 Å². The molecule has 0 saturated heterocycles. The SMILES string of the molecule is Nc1cccc(OCc2ccc3ccccc3n2)n1. The summed E-state index contributed by atoms with van der Waals surface area (Å²) in [5.74, 6) is 0.957. The number of fused-ring (bicyclic) bond motifs is 1. The third kappa shape index (κ3) is 2.63. The molecule has 0 radical (unpaired) electrons. The zero-order chi connectivity index (χ0) is 13.1. The van der Waals surface area contributed by atoms with Crippen molar-refractivity contribution < 1.29 is 4.74 Å². The van der Waals surface area contributed by atoms with Gasteiger partial charge in [0.15, 0.2) is 0 Å². The second-order valence-electron chi connectivity index (χ2n) is 4.18. The minimum atomic E-state index is 0.376. The smallest absolute Gasteiger partial charge is 0.215 e. The minimum Gasteiger partial charge on any atom is -0.471 e. The fourth-order valence-electron chi connectivity index (χ4n) is 1.85. The second-order valence-corrected chi connectivity index (χ2v) is 4.18. The molecule has 0 aliphatic heterocycles. The molecule has 2 N–H and O–H groups in total. The van der Waals surface area contributed by atoms with Gasteiger partial charge in [0, 0.05) is 11.5 Å². The van der Waals surface area contributed by atoms with Gasteiger partial charge in [0.05, 0.1) is 11.2 Å². The van der Waals surface area contributed by atoms with Gasteiger partial charge in [0.1, 0.15) is 12.4 Å². The zero-order valence-corrected chi connectivity index (χ0v) is 10.3. The summed E-state index contributed by atoms with van der Waals surface area (Å²) < 4.78 is 5.57. The summed E-state index contributed by atoms with van der Waals surface area (Å²) in [6.07, 6.45) is 0. The Balaban J connectivity index is 1.78.